The van der Waals surface area contributed by atoms with E-state index in [2.05, 4.69) is 5.92 Å². The fourth-order valence-electron chi connectivity index (χ4n) is 4.56. The number of ether oxygens (including phenoxy) is 4. The molecule has 2 heterocycles. The second kappa shape index (κ2) is 13.3. The number of thiazole rings is 1. The second-order valence-corrected chi connectivity index (χ2v) is 10.7. The molecular formula is C30H28Cl2N2O6S. The van der Waals surface area contributed by atoms with Crippen molar-refractivity contribution in [1.29, 1.82) is 0 Å². The van der Waals surface area contributed by atoms with Crippen molar-refractivity contribution in [1.82, 2.24) is 4.57 Å². The zero-order valence-corrected chi connectivity index (χ0v) is 25.3. The third kappa shape index (κ3) is 6.15. The lowest BCUT2D eigenvalue weighted by Gasteiger charge is -2.27. The SMILES string of the molecule is C#CCOc1c(Cl)cc(/C=c2/sc3n(c2=O)[C@H](c2cc(Cl)ccc2OC)C(C(=O)OCC)=C(CCC)N=3)cc1OC. The van der Waals surface area contributed by atoms with Gasteiger partial charge in [-0.25, -0.2) is 9.79 Å². The molecule has 3 aromatic rings. The van der Waals surface area contributed by atoms with E-state index in [0.717, 1.165) is 6.42 Å². The summed E-state index contributed by atoms with van der Waals surface area (Å²) < 4.78 is 23.9. The van der Waals surface area contributed by atoms with Crippen molar-refractivity contribution in [3.8, 4) is 29.6 Å². The Morgan fingerprint density at radius 1 is 1.17 bits per heavy atom. The zero-order chi connectivity index (χ0) is 29.7. The number of aromatic nitrogens is 1. The van der Waals surface area contributed by atoms with E-state index in [4.69, 9.17) is 53.6 Å². The van der Waals surface area contributed by atoms with Gasteiger partial charge in [0.05, 0.1) is 41.7 Å². The van der Waals surface area contributed by atoms with E-state index in [0.29, 0.717) is 54.8 Å². The van der Waals surface area contributed by atoms with Crippen LogP contribution in [0.4, 0.5) is 0 Å². The van der Waals surface area contributed by atoms with E-state index in [1.54, 1.807) is 43.3 Å². The topological polar surface area (TPSA) is 88.4 Å². The van der Waals surface area contributed by atoms with Gasteiger partial charge in [-0.3, -0.25) is 9.36 Å². The van der Waals surface area contributed by atoms with Gasteiger partial charge in [0.15, 0.2) is 16.3 Å². The number of terminal acetylenes is 1. The van der Waals surface area contributed by atoms with Crippen LogP contribution in [0.3, 0.4) is 0 Å². The first-order valence-corrected chi connectivity index (χ1v) is 14.3. The molecule has 11 heteroatoms. The van der Waals surface area contributed by atoms with Crippen LogP contribution in [0, 0.1) is 12.3 Å². The largest absolute Gasteiger partial charge is 0.496 e. The van der Waals surface area contributed by atoms with Gasteiger partial charge in [0.1, 0.15) is 18.4 Å². The van der Waals surface area contributed by atoms with Crippen molar-refractivity contribution in [2.45, 2.75) is 32.7 Å². The van der Waals surface area contributed by atoms with Crippen LogP contribution in [0.5, 0.6) is 17.2 Å². The first-order chi connectivity index (χ1) is 19.8. The van der Waals surface area contributed by atoms with Crippen LogP contribution in [0.15, 0.2) is 51.4 Å². The molecule has 2 aromatic carbocycles. The molecule has 0 saturated heterocycles. The van der Waals surface area contributed by atoms with Crippen LogP contribution in [0.1, 0.15) is 43.9 Å². The van der Waals surface area contributed by atoms with Crippen molar-refractivity contribution in [2.75, 3.05) is 27.4 Å². The Kier molecular flexibility index (Phi) is 9.81. The molecule has 1 aromatic heterocycles. The molecule has 1 aliphatic rings. The molecule has 0 aliphatic carbocycles. The summed E-state index contributed by atoms with van der Waals surface area (Å²) in [4.78, 5) is 32.6. The first-order valence-electron chi connectivity index (χ1n) is 12.8. The average molecular weight is 616 g/mol. The molecule has 0 amide bonds. The lowest BCUT2D eigenvalue weighted by atomic mass is 9.93. The maximum Gasteiger partial charge on any atom is 0.338 e. The fourth-order valence-corrected chi connectivity index (χ4v) is 6.04. The number of hydrogen-bond donors (Lipinski definition) is 0. The predicted octanol–water partition coefficient (Wildman–Crippen LogP) is 4.91. The Morgan fingerprint density at radius 2 is 1.93 bits per heavy atom. The van der Waals surface area contributed by atoms with Gasteiger partial charge in [-0.15, -0.1) is 6.42 Å². The highest BCUT2D eigenvalue weighted by atomic mass is 35.5. The van der Waals surface area contributed by atoms with Gasteiger partial charge in [-0.05, 0) is 55.3 Å². The summed E-state index contributed by atoms with van der Waals surface area (Å²) in [7, 11) is 3.00. The quantitative estimate of drug-likeness (QED) is 0.238. The number of esters is 1. The molecule has 0 N–H and O–H groups in total. The van der Waals surface area contributed by atoms with Gasteiger partial charge in [-0.2, -0.15) is 0 Å². The predicted molar refractivity (Wildman–Crippen MR) is 160 cm³/mol. The van der Waals surface area contributed by atoms with E-state index in [1.807, 2.05) is 6.92 Å². The molecule has 0 unspecified atom stereocenters. The Labute approximate surface area is 251 Å². The third-order valence-corrected chi connectivity index (χ3v) is 7.73. The van der Waals surface area contributed by atoms with Gasteiger partial charge in [0.2, 0.25) is 0 Å². The number of fused-ring (bicyclic) bond motifs is 1. The molecule has 0 spiro atoms. The summed E-state index contributed by atoms with van der Waals surface area (Å²) in [6.45, 7) is 3.90. The summed E-state index contributed by atoms with van der Waals surface area (Å²) in [5.74, 6) is 2.98. The molecule has 1 aliphatic heterocycles. The third-order valence-electron chi connectivity index (χ3n) is 6.23. The molecule has 1 atom stereocenters. The van der Waals surface area contributed by atoms with Crippen LogP contribution < -0.4 is 29.1 Å². The first kappa shape index (κ1) is 30.3. The molecule has 8 nitrogen and oxygen atoms in total. The Hall–Kier alpha value is -3.71. The maximum atomic E-state index is 14.0. The number of methoxy groups -OCH3 is 2. The summed E-state index contributed by atoms with van der Waals surface area (Å²) >= 11 is 14.1. The van der Waals surface area contributed by atoms with Gasteiger partial charge >= 0.3 is 5.97 Å². The maximum absolute atomic E-state index is 14.0. The summed E-state index contributed by atoms with van der Waals surface area (Å²) in [5, 5.41) is 0.698. The Bertz CT molecular complexity index is 1730. The summed E-state index contributed by atoms with van der Waals surface area (Å²) in [5.41, 5.74) is 1.60. The van der Waals surface area contributed by atoms with Crippen LogP contribution >= 0.6 is 34.5 Å². The van der Waals surface area contributed by atoms with E-state index < -0.39 is 12.0 Å². The van der Waals surface area contributed by atoms with Crippen molar-refractivity contribution < 1.29 is 23.7 Å². The highest BCUT2D eigenvalue weighted by Crippen LogP contribution is 2.39. The number of rotatable bonds is 10. The van der Waals surface area contributed by atoms with Crippen LogP contribution in [-0.2, 0) is 9.53 Å². The second-order valence-electron chi connectivity index (χ2n) is 8.83. The van der Waals surface area contributed by atoms with Gasteiger partial charge in [0, 0.05) is 10.6 Å². The summed E-state index contributed by atoms with van der Waals surface area (Å²) in [6, 6.07) is 7.55. The highest BCUT2D eigenvalue weighted by molar-refractivity contribution is 7.07. The number of benzene rings is 2. The van der Waals surface area contributed by atoms with Crippen LogP contribution in [0.25, 0.3) is 6.08 Å². The van der Waals surface area contributed by atoms with Crippen molar-refractivity contribution in [3.63, 3.8) is 0 Å². The van der Waals surface area contributed by atoms with Crippen molar-refractivity contribution >= 4 is 46.6 Å². The highest BCUT2D eigenvalue weighted by Gasteiger charge is 2.36. The van der Waals surface area contributed by atoms with E-state index in [1.165, 1.54) is 30.1 Å². The number of carbonyl (C=O) groups is 1. The number of allylic oxidation sites excluding steroid dienone is 1. The zero-order valence-electron chi connectivity index (χ0n) is 23.0. The number of carbonyl (C=O) groups excluding carboxylic acids is 1. The minimum absolute atomic E-state index is 0.0177. The number of hydrogen-bond acceptors (Lipinski definition) is 8. The van der Waals surface area contributed by atoms with Crippen molar-refractivity contribution in [3.05, 3.63) is 82.5 Å². The minimum atomic E-state index is -0.875. The van der Waals surface area contributed by atoms with Crippen LogP contribution in [-0.4, -0.2) is 38.0 Å². The molecule has 0 fully saturated rings. The Balaban J connectivity index is 2.00. The smallest absolute Gasteiger partial charge is 0.338 e. The van der Waals surface area contributed by atoms with Crippen molar-refractivity contribution in [2.24, 2.45) is 4.99 Å². The monoisotopic (exact) mass is 614 g/mol. The van der Waals surface area contributed by atoms with Gasteiger partial charge in [0.25, 0.3) is 5.56 Å². The number of nitrogens with zero attached hydrogens (tertiary/aromatic N) is 2. The molecule has 41 heavy (non-hydrogen) atoms. The van der Waals surface area contributed by atoms with Gasteiger partial charge in [-0.1, -0.05) is 53.8 Å². The van der Waals surface area contributed by atoms with Gasteiger partial charge < -0.3 is 18.9 Å². The molecule has 4 rings (SSSR count). The standard InChI is InChI=1S/C30H28Cl2N2O6S/c1-6-9-21-25(29(36)39-8-3)26(19-16-18(31)10-11-22(19)37-4)34-28(35)24(41-30(34)33-21)15-17-13-20(32)27(40-12-7-2)23(14-17)38-5/h2,10-11,13-16,26H,6,8-9,12H2,1,3-5H3/b24-15+/t26-/m1/s1. The molecule has 0 radical (unpaired) electrons. The summed E-state index contributed by atoms with van der Waals surface area (Å²) in [6.07, 6.45) is 8.22. The van der Waals surface area contributed by atoms with E-state index in [-0.39, 0.29) is 29.4 Å². The molecule has 0 bridgehead atoms. The van der Waals surface area contributed by atoms with E-state index >= 15 is 0 Å². The van der Waals surface area contributed by atoms with Crippen LogP contribution in [0.2, 0.25) is 10.0 Å². The molecule has 214 valence electrons. The normalized spacial score (nSPS) is 14.7. The Morgan fingerprint density at radius 3 is 2.59 bits per heavy atom. The lowest BCUT2D eigenvalue weighted by Crippen LogP contribution is -2.40. The average Bonchev–Trinajstić information content (AvgIpc) is 3.25. The minimum Gasteiger partial charge on any atom is -0.496 e. The van der Waals surface area contributed by atoms with E-state index in [9.17, 15) is 9.59 Å². The molecular weight excluding hydrogens is 587 g/mol. The molecule has 0 saturated carbocycles. The fraction of sp³-hybridized carbons (Fsp3) is 0.300. The lowest BCUT2D eigenvalue weighted by molar-refractivity contribution is -0.139. The number of halogens is 2.